The first-order valence-corrected chi connectivity index (χ1v) is 7.79. The Balaban J connectivity index is 1.96. The molecule has 1 aromatic carbocycles. The summed E-state index contributed by atoms with van der Waals surface area (Å²) in [6, 6.07) is 7.19. The molecule has 0 saturated carbocycles. The van der Waals surface area contributed by atoms with E-state index in [4.69, 9.17) is 5.73 Å². The third-order valence-corrected chi connectivity index (χ3v) is 4.74. The van der Waals surface area contributed by atoms with E-state index in [1.807, 2.05) is 6.07 Å². The van der Waals surface area contributed by atoms with Crippen LogP contribution >= 0.6 is 0 Å². The van der Waals surface area contributed by atoms with Crippen molar-refractivity contribution in [3.8, 4) is 0 Å². The molecule has 1 fully saturated rings. The van der Waals surface area contributed by atoms with Crippen molar-refractivity contribution < 1.29 is 4.39 Å². The molecule has 0 amide bonds. The van der Waals surface area contributed by atoms with Crippen LogP contribution in [0, 0.1) is 17.7 Å². The van der Waals surface area contributed by atoms with Crippen LogP contribution in [-0.4, -0.2) is 49.6 Å². The van der Waals surface area contributed by atoms with E-state index >= 15 is 0 Å². The van der Waals surface area contributed by atoms with Crippen molar-refractivity contribution in [1.82, 2.24) is 9.80 Å². The Hall–Kier alpha value is -0.970. The number of hydrogen-bond donors (Lipinski definition) is 1. The van der Waals surface area contributed by atoms with Crippen molar-refractivity contribution in [3.63, 3.8) is 0 Å². The summed E-state index contributed by atoms with van der Waals surface area (Å²) < 4.78 is 13.8. The zero-order valence-corrected chi connectivity index (χ0v) is 13.6. The first-order chi connectivity index (χ1) is 9.90. The van der Waals surface area contributed by atoms with Gasteiger partial charge < -0.3 is 15.5 Å². The van der Waals surface area contributed by atoms with Gasteiger partial charge in [0.15, 0.2) is 0 Å². The number of benzene rings is 1. The van der Waals surface area contributed by atoms with Gasteiger partial charge in [-0.3, -0.25) is 0 Å². The number of nitrogens with zero attached hydrogens (tertiary/aromatic N) is 2. The maximum atomic E-state index is 13.8. The van der Waals surface area contributed by atoms with E-state index in [-0.39, 0.29) is 17.8 Å². The van der Waals surface area contributed by atoms with E-state index in [9.17, 15) is 4.39 Å². The predicted octanol–water partition coefficient (Wildman–Crippen LogP) is 2.34. The summed E-state index contributed by atoms with van der Waals surface area (Å²) >= 11 is 0. The molecule has 1 aromatic rings. The van der Waals surface area contributed by atoms with Gasteiger partial charge in [-0.1, -0.05) is 32.0 Å². The first-order valence-electron chi connectivity index (χ1n) is 7.79. The fourth-order valence-electron chi connectivity index (χ4n) is 3.44. The van der Waals surface area contributed by atoms with E-state index in [2.05, 4.69) is 37.7 Å². The number of likely N-dealkylation sites (N-methyl/N-ethyl adjacent to an activating group) is 1. The molecule has 0 radical (unpaired) electrons. The minimum Gasteiger partial charge on any atom is -0.324 e. The molecule has 21 heavy (non-hydrogen) atoms. The van der Waals surface area contributed by atoms with Crippen LogP contribution in [0.5, 0.6) is 0 Å². The van der Waals surface area contributed by atoms with Crippen molar-refractivity contribution in [1.29, 1.82) is 0 Å². The molecule has 1 aliphatic rings. The molecule has 2 N–H and O–H groups in total. The molecular formula is C17H28FN3. The largest absolute Gasteiger partial charge is 0.324 e. The lowest BCUT2D eigenvalue weighted by atomic mass is 9.94. The molecule has 0 aliphatic carbocycles. The lowest BCUT2D eigenvalue weighted by Gasteiger charge is -2.26. The zero-order chi connectivity index (χ0) is 15.6. The summed E-state index contributed by atoms with van der Waals surface area (Å²) in [5.74, 6) is 0.699. The summed E-state index contributed by atoms with van der Waals surface area (Å²) in [5, 5.41) is 0. The van der Waals surface area contributed by atoms with Crippen LogP contribution in [-0.2, 0) is 0 Å². The van der Waals surface area contributed by atoms with Crippen LogP contribution in [0.25, 0.3) is 0 Å². The molecular weight excluding hydrogens is 265 g/mol. The predicted molar refractivity (Wildman–Crippen MR) is 85.6 cm³/mol. The van der Waals surface area contributed by atoms with Crippen molar-refractivity contribution >= 4 is 0 Å². The molecule has 0 spiro atoms. The lowest BCUT2D eigenvalue weighted by molar-refractivity contribution is 0.231. The van der Waals surface area contributed by atoms with Gasteiger partial charge in [-0.2, -0.15) is 0 Å². The van der Waals surface area contributed by atoms with Gasteiger partial charge in [0.1, 0.15) is 5.82 Å². The van der Waals surface area contributed by atoms with Gasteiger partial charge in [-0.15, -0.1) is 0 Å². The van der Waals surface area contributed by atoms with Gasteiger partial charge in [-0.05, 0) is 32.0 Å². The summed E-state index contributed by atoms with van der Waals surface area (Å²) in [6.45, 7) is 7.50. The molecule has 1 heterocycles. The van der Waals surface area contributed by atoms with E-state index in [0.717, 1.165) is 19.6 Å². The molecule has 1 aliphatic heterocycles. The normalized spacial score (nSPS) is 26.2. The minimum absolute atomic E-state index is 0.196. The molecule has 2 rings (SSSR count). The van der Waals surface area contributed by atoms with Crippen LogP contribution < -0.4 is 5.73 Å². The highest BCUT2D eigenvalue weighted by Crippen LogP contribution is 2.26. The van der Waals surface area contributed by atoms with Crippen LogP contribution in [0.3, 0.4) is 0 Å². The molecule has 4 heteroatoms. The Kier molecular flexibility index (Phi) is 5.36. The highest BCUT2D eigenvalue weighted by molar-refractivity contribution is 5.21. The maximum absolute atomic E-state index is 13.8. The average Bonchev–Trinajstić information content (AvgIpc) is 2.79. The number of likely N-dealkylation sites (tertiary alicyclic amines) is 1. The van der Waals surface area contributed by atoms with E-state index in [1.54, 1.807) is 12.1 Å². The first kappa shape index (κ1) is 16.4. The number of halogens is 1. The number of hydrogen-bond acceptors (Lipinski definition) is 3. The highest BCUT2D eigenvalue weighted by Gasteiger charge is 2.32. The number of rotatable bonds is 5. The van der Waals surface area contributed by atoms with E-state index in [0.29, 0.717) is 17.5 Å². The quantitative estimate of drug-likeness (QED) is 0.904. The fourth-order valence-corrected chi connectivity index (χ4v) is 3.44. The summed E-state index contributed by atoms with van der Waals surface area (Å²) in [5.41, 5.74) is 6.90. The molecule has 3 nitrogen and oxygen atoms in total. The zero-order valence-electron chi connectivity index (χ0n) is 13.6. The monoisotopic (exact) mass is 293 g/mol. The van der Waals surface area contributed by atoms with Crippen molar-refractivity contribution in [2.75, 3.05) is 33.7 Å². The van der Waals surface area contributed by atoms with Crippen LogP contribution in [0.15, 0.2) is 24.3 Å². The van der Waals surface area contributed by atoms with E-state index in [1.165, 1.54) is 6.07 Å². The Morgan fingerprint density at radius 1 is 1.33 bits per heavy atom. The molecule has 4 unspecified atom stereocenters. The van der Waals surface area contributed by atoms with Crippen molar-refractivity contribution in [2.24, 2.45) is 17.6 Å². The Morgan fingerprint density at radius 2 is 2.00 bits per heavy atom. The third kappa shape index (κ3) is 3.82. The summed E-state index contributed by atoms with van der Waals surface area (Å²) in [4.78, 5) is 4.76. The molecule has 4 atom stereocenters. The van der Waals surface area contributed by atoms with Gasteiger partial charge in [-0.25, -0.2) is 4.39 Å². The van der Waals surface area contributed by atoms with Gasteiger partial charge in [0.05, 0.1) is 0 Å². The maximum Gasteiger partial charge on any atom is 0.127 e. The van der Waals surface area contributed by atoms with Crippen molar-refractivity contribution in [2.45, 2.75) is 25.9 Å². The minimum atomic E-state index is -0.250. The SMILES string of the molecule is CC(CN1CC(C)C(N(C)C)C1)C(N)c1ccccc1F. The van der Waals surface area contributed by atoms with Gasteiger partial charge >= 0.3 is 0 Å². The number of nitrogens with two attached hydrogens (primary N) is 1. The lowest BCUT2D eigenvalue weighted by Crippen LogP contribution is -2.36. The highest BCUT2D eigenvalue weighted by atomic mass is 19.1. The Morgan fingerprint density at radius 3 is 2.57 bits per heavy atom. The summed E-state index contributed by atoms with van der Waals surface area (Å²) in [7, 11) is 4.28. The van der Waals surface area contributed by atoms with Gasteiger partial charge in [0, 0.05) is 37.3 Å². The Labute approximate surface area is 127 Å². The second-order valence-corrected chi connectivity index (χ2v) is 6.75. The molecule has 0 bridgehead atoms. The summed E-state index contributed by atoms with van der Waals surface area (Å²) in [6.07, 6.45) is 0. The second-order valence-electron chi connectivity index (χ2n) is 6.75. The standard InChI is InChI=1S/C17H28FN3/c1-12-9-21(11-16(12)20(3)4)10-13(2)17(19)14-7-5-6-8-15(14)18/h5-8,12-13,16-17H,9-11,19H2,1-4H3. The smallest absolute Gasteiger partial charge is 0.127 e. The van der Waals surface area contributed by atoms with Crippen LogP contribution in [0.4, 0.5) is 4.39 Å². The fraction of sp³-hybridized carbons (Fsp3) is 0.647. The topological polar surface area (TPSA) is 32.5 Å². The molecule has 118 valence electrons. The van der Waals surface area contributed by atoms with Crippen LogP contribution in [0.2, 0.25) is 0 Å². The van der Waals surface area contributed by atoms with E-state index < -0.39 is 0 Å². The van der Waals surface area contributed by atoms with Gasteiger partial charge in [0.2, 0.25) is 0 Å². The van der Waals surface area contributed by atoms with Crippen molar-refractivity contribution in [3.05, 3.63) is 35.6 Å². The van der Waals surface area contributed by atoms with Crippen LogP contribution in [0.1, 0.15) is 25.5 Å². The van der Waals surface area contributed by atoms with Gasteiger partial charge in [0.25, 0.3) is 0 Å². The average molecular weight is 293 g/mol. The Bertz CT molecular complexity index is 463. The second kappa shape index (κ2) is 6.86. The third-order valence-electron chi connectivity index (χ3n) is 4.74. The molecule has 1 saturated heterocycles. The molecule has 0 aromatic heterocycles.